The predicted octanol–water partition coefficient (Wildman–Crippen LogP) is 1.27. The number of alkyl halides is 2. The molecule has 2 aliphatic rings. The van der Waals surface area contributed by atoms with Crippen LogP contribution in [0.2, 0.25) is 0 Å². The Kier molecular flexibility index (Phi) is 3.90. The summed E-state index contributed by atoms with van der Waals surface area (Å²) < 4.78 is 37.0. The first-order valence-electron chi connectivity index (χ1n) is 7.25. The van der Waals surface area contributed by atoms with Crippen LogP contribution in [-0.2, 0) is 4.79 Å². The predicted molar refractivity (Wildman–Crippen MR) is 75.3 cm³/mol. The van der Waals surface area contributed by atoms with Crippen LogP contribution in [0.1, 0.15) is 17.9 Å². The van der Waals surface area contributed by atoms with Gasteiger partial charge in [0.15, 0.2) is 11.5 Å². The summed E-state index contributed by atoms with van der Waals surface area (Å²) in [7, 11) is 0. The third-order valence-corrected chi connectivity index (χ3v) is 3.94. The maximum atomic E-state index is 13.0. The number of nitrogens with two attached hydrogens (primary N) is 1. The maximum absolute atomic E-state index is 13.0. The van der Waals surface area contributed by atoms with Crippen LogP contribution in [-0.4, -0.2) is 38.1 Å². The van der Waals surface area contributed by atoms with Gasteiger partial charge in [-0.15, -0.1) is 0 Å². The molecule has 1 aromatic carbocycles. The number of hydrogen-bond acceptors (Lipinski definition) is 4. The lowest BCUT2D eigenvalue weighted by atomic mass is 10.1. The van der Waals surface area contributed by atoms with E-state index in [0.29, 0.717) is 31.1 Å². The Hall–Kier alpha value is -1.89. The van der Waals surface area contributed by atoms with Gasteiger partial charge in [0.25, 0.3) is 5.92 Å². The van der Waals surface area contributed by atoms with Crippen molar-refractivity contribution in [2.24, 2.45) is 11.7 Å². The molecule has 7 heteroatoms. The molecule has 1 aliphatic carbocycles. The lowest BCUT2D eigenvalue weighted by Gasteiger charge is -2.19. The summed E-state index contributed by atoms with van der Waals surface area (Å²) in [5.74, 6) is -2.27. The molecule has 1 fully saturated rings. The molecule has 1 amide bonds. The summed E-state index contributed by atoms with van der Waals surface area (Å²) in [5.41, 5.74) is 5.91. The quantitative estimate of drug-likeness (QED) is 0.859. The van der Waals surface area contributed by atoms with Crippen molar-refractivity contribution in [3.8, 4) is 11.5 Å². The largest absolute Gasteiger partial charge is 0.486 e. The highest BCUT2D eigenvalue weighted by atomic mass is 19.3. The molecule has 5 nitrogen and oxygen atoms in total. The van der Waals surface area contributed by atoms with Gasteiger partial charge in [0.2, 0.25) is 5.91 Å². The number of benzene rings is 1. The highest BCUT2D eigenvalue weighted by molar-refractivity contribution is 5.83. The van der Waals surface area contributed by atoms with Crippen LogP contribution in [0, 0.1) is 5.92 Å². The maximum Gasteiger partial charge on any atom is 0.277 e. The number of hydrogen-bond donors (Lipinski definition) is 2. The van der Waals surface area contributed by atoms with Gasteiger partial charge in [-0.3, -0.25) is 4.79 Å². The van der Waals surface area contributed by atoms with Crippen molar-refractivity contribution in [2.45, 2.75) is 18.3 Å². The Bertz CT molecular complexity index is 580. The van der Waals surface area contributed by atoms with E-state index in [9.17, 15) is 13.6 Å². The van der Waals surface area contributed by atoms with Crippen LogP contribution in [0.3, 0.4) is 0 Å². The van der Waals surface area contributed by atoms with Crippen molar-refractivity contribution in [3.05, 3.63) is 23.8 Å². The molecule has 1 aliphatic heterocycles. The number of nitrogens with one attached hydrogen (secondary N) is 1. The molecule has 0 aromatic heterocycles. The number of carbonyl (C=O) groups excluding carboxylic acids is 1. The molecule has 2 atom stereocenters. The lowest BCUT2D eigenvalue weighted by Crippen LogP contribution is -2.42. The van der Waals surface area contributed by atoms with E-state index in [1.165, 1.54) is 0 Å². The van der Waals surface area contributed by atoms with Gasteiger partial charge in [-0.05, 0) is 30.0 Å². The second kappa shape index (κ2) is 5.72. The molecule has 1 aromatic rings. The zero-order chi connectivity index (χ0) is 15.7. The van der Waals surface area contributed by atoms with E-state index in [0.717, 1.165) is 5.56 Å². The standard InChI is InChI=1S/C15H18F2N2O3/c16-15(17,7-18)8-19-14(20)11-6-10(11)9-1-2-12-13(5-9)22-4-3-21-12/h1-2,5,10-11H,3-4,6-8,18H2,(H,19,20). The molecule has 3 rings (SSSR count). The summed E-state index contributed by atoms with van der Waals surface area (Å²) in [6.07, 6.45) is 0.652. The topological polar surface area (TPSA) is 73.6 Å². The van der Waals surface area contributed by atoms with Crippen molar-refractivity contribution < 1.29 is 23.0 Å². The number of fused-ring (bicyclic) bond motifs is 1. The zero-order valence-electron chi connectivity index (χ0n) is 12.0. The number of halogens is 2. The third kappa shape index (κ3) is 3.14. The molecule has 1 saturated carbocycles. The molecular weight excluding hydrogens is 294 g/mol. The minimum Gasteiger partial charge on any atom is -0.486 e. The minimum atomic E-state index is -3.06. The minimum absolute atomic E-state index is 0.0438. The second-order valence-electron chi connectivity index (χ2n) is 5.63. The number of carbonyl (C=O) groups is 1. The van der Waals surface area contributed by atoms with E-state index < -0.39 is 19.0 Å². The summed E-state index contributed by atoms with van der Waals surface area (Å²) in [6, 6.07) is 5.57. The monoisotopic (exact) mass is 312 g/mol. The van der Waals surface area contributed by atoms with Crippen LogP contribution in [0.15, 0.2) is 18.2 Å². The lowest BCUT2D eigenvalue weighted by molar-refractivity contribution is -0.124. The molecule has 3 N–H and O–H groups in total. The third-order valence-electron chi connectivity index (χ3n) is 3.94. The van der Waals surface area contributed by atoms with Gasteiger partial charge in [0.1, 0.15) is 13.2 Å². The Labute approximate surface area is 126 Å². The number of ether oxygens (including phenoxy) is 2. The fourth-order valence-electron chi connectivity index (χ4n) is 2.56. The van der Waals surface area contributed by atoms with E-state index >= 15 is 0 Å². The Morgan fingerprint density at radius 1 is 1.32 bits per heavy atom. The molecule has 120 valence electrons. The van der Waals surface area contributed by atoms with Crippen molar-refractivity contribution in [1.82, 2.24) is 5.32 Å². The van der Waals surface area contributed by atoms with E-state index in [1.54, 1.807) is 0 Å². The zero-order valence-corrected chi connectivity index (χ0v) is 12.0. The van der Waals surface area contributed by atoms with Gasteiger partial charge in [0.05, 0.1) is 13.1 Å². The smallest absolute Gasteiger partial charge is 0.277 e. The van der Waals surface area contributed by atoms with Crippen LogP contribution in [0.5, 0.6) is 11.5 Å². The fraction of sp³-hybridized carbons (Fsp3) is 0.533. The van der Waals surface area contributed by atoms with Crippen molar-refractivity contribution in [3.63, 3.8) is 0 Å². The summed E-state index contributed by atoms with van der Waals surface area (Å²) in [4.78, 5) is 11.9. The Morgan fingerprint density at radius 2 is 2.05 bits per heavy atom. The molecule has 0 radical (unpaired) electrons. The van der Waals surface area contributed by atoms with Crippen LogP contribution < -0.4 is 20.5 Å². The highest BCUT2D eigenvalue weighted by Gasteiger charge is 2.45. The van der Waals surface area contributed by atoms with Crippen molar-refractivity contribution >= 4 is 5.91 Å². The first-order chi connectivity index (χ1) is 10.5. The average Bonchev–Trinajstić information content (AvgIpc) is 3.33. The molecule has 22 heavy (non-hydrogen) atoms. The first-order valence-corrected chi connectivity index (χ1v) is 7.25. The van der Waals surface area contributed by atoms with Gasteiger partial charge in [-0.2, -0.15) is 0 Å². The molecule has 0 bridgehead atoms. The fourth-order valence-corrected chi connectivity index (χ4v) is 2.56. The number of rotatable bonds is 5. The number of amides is 1. The van der Waals surface area contributed by atoms with Crippen molar-refractivity contribution in [1.29, 1.82) is 0 Å². The Balaban J connectivity index is 1.59. The van der Waals surface area contributed by atoms with Crippen LogP contribution in [0.25, 0.3) is 0 Å². The second-order valence-corrected chi connectivity index (χ2v) is 5.63. The van der Waals surface area contributed by atoms with E-state index in [2.05, 4.69) is 5.32 Å². The van der Waals surface area contributed by atoms with Gasteiger partial charge < -0.3 is 20.5 Å². The highest BCUT2D eigenvalue weighted by Crippen LogP contribution is 2.49. The van der Waals surface area contributed by atoms with Crippen molar-refractivity contribution in [2.75, 3.05) is 26.3 Å². The molecule has 1 heterocycles. The first kappa shape index (κ1) is 15.0. The molecule has 0 saturated heterocycles. The summed E-state index contributed by atoms with van der Waals surface area (Å²) in [5, 5.41) is 2.27. The van der Waals surface area contributed by atoms with Crippen LogP contribution in [0.4, 0.5) is 8.78 Å². The Morgan fingerprint density at radius 3 is 2.77 bits per heavy atom. The van der Waals surface area contributed by atoms with Gasteiger partial charge in [-0.1, -0.05) is 6.07 Å². The average molecular weight is 312 g/mol. The van der Waals surface area contributed by atoms with Gasteiger partial charge in [-0.25, -0.2) is 8.78 Å². The summed E-state index contributed by atoms with van der Waals surface area (Å²) in [6.45, 7) is -0.467. The van der Waals surface area contributed by atoms with E-state index in [4.69, 9.17) is 15.2 Å². The van der Waals surface area contributed by atoms with Gasteiger partial charge in [0, 0.05) is 5.92 Å². The summed E-state index contributed by atoms with van der Waals surface area (Å²) >= 11 is 0. The van der Waals surface area contributed by atoms with E-state index in [1.807, 2.05) is 18.2 Å². The van der Waals surface area contributed by atoms with Gasteiger partial charge >= 0.3 is 0 Å². The molecule has 2 unspecified atom stereocenters. The SMILES string of the molecule is NCC(F)(F)CNC(=O)C1CC1c1ccc2c(c1)OCCO2. The molecule has 0 spiro atoms. The van der Waals surface area contributed by atoms with E-state index in [-0.39, 0.29) is 17.7 Å². The molecular formula is C15H18F2N2O3. The normalized spacial score (nSPS) is 23.0. The van der Waals surface area contributed by atoms with Crippen LogP contribution >= 0.6 is 0 Å².